The number of esters is 1. The molecular weight excluding hydrogens is 328 g/mol. The molecule has 5 heteroatoms. The number of nitrogens with zero attached hydrogens (tertiary/aromatic N) is 1. The number of amides is 1. The summed E-state index contributed by atoms with van der Waals surface area (Å²) >= 11 is 0. The van der Waals surface area contributed by atoms with Crippen LogP contribution in [0, 0.1) is 11.3 Å². The van der Waals surface area contributed by atoms with E-state index in [2.05, 4.69) is 11.4 Å². The van der Waals surface area contributed by atoms with Crippen molar-refractivity contribution < 1.29 is 14.3 Å². The van der Waals surface area contributed by atoms with E-state index < -0.39 is 23.5 Å². The number of rotatable bonds is 4. The second-order valence-electron chi connectivity index (χ2n) is 6.85. The van der Waals surface area contributed by atoms with Crippen LogP contribution in [-0.2, 0) is 9.53 Å². The lowest BCUT2D eigenvalue weighted by Crippen LogP contribution is -2.52. The molecular formula is C21H22N2O3. The number of hydrogen-bond acceptors (Lipinski definition) is 4. The molecule has 1 aliphatic carbocycles. The molecule has 1 saturated carbocycles. The fourth-order valence-corrected chi connectivity index (χ4v) is 3.36. The third-order valence-electron chi connectivity index (χ3n) is 4.92. The normalized spacial score (nSPS) is 17.1. The molecule has 0 aromatic heterocycles. The largest absolute Gasteiger partial charge is 0.449 e. The van der Waals surface area contributed by atoms with E-state index in [-0.39, 0.29) is 0 Å². The van der Waals surface area contributed by atoms with Crippen LogP contribution < -0.4 is 5.32 Å². The van der Waals surface area contributed by atoms with Gasteiger partial charge in [-0.1, -0.05) is 49.6 Å². The first-order chi connectivity index (χ1) is 12.5. The second-order valence-corrected chi connectivity index (χ2v) is 6.85. The quantitative estimate of drug-likeness (QED) is 0.852. The Labute approximate surface area is 153 Å². The van der Waals surface area contributed by atoms with Gasteiger partial charge in [-0.25, -0.2) is 4.79 Å². The minimum atomic E-state index is -0.957. The van der Waals surface area contributed by atoms with Crippen molar-refractivity contribution in [1.29, 1.82) is 5.26 Å². The molecule has 1 atom stereocenters. The van der Waals surface area contributed by atoms with Crippen LogP contribution in [0.3, 0.4) is 0 Å². The zero-order chi connectivity index (χ0) is 18.6. The van der Waals surface area contributed by atoms with Gasteiger partial charge >= 0.3 is 5.97 Å². The van der Waals surface area contributed by atoms with E-state index in [0.717, 1.165) is 30.0 Å². The molecule has 0 saturated heterocycles. The Morgan fingerprint density at radius 1 is 1.12 bits per heavy atom. The summed E-state index contributed by atoms with van der Waals surface area (Å²) in [7, 11) is 0. The fraction of sp³-hybridized carbons (Fsp3) is 0.381. The molecule has 1 fully saturated rings. The molecule has 1 aliphatic rings. The lowest BCUT2D eigenvalue weighted by atomic mass is 9.83. The Balaban J connectivity index is 1.66. The Morgan fingerprint density at radius 2 is 1.81 bits per heavy atom. The van der Waals surface area contributed by atoms with Crippen molar-refractivity contribution in [2.24, 2.45) is 0 Å². The summed E-state index contributed by atoms with van der Waals surface area (Å²) in [6.45, 7) is 1.53. The average molecular weight is 350 g/mol. The number of hydrogen-bond donors (Lipinski definition) is 1. The molecule has 0 unspecified atom stereocenters. The topological polar surface area (TPSA) is 79.2 Å². The maximum atomic E-state index is 12.4. The van der Waals surface area contributed by atoms with E-state index in [4.69, 9.17) is 4.74 Å². The van der Waals surface area contributed by atoms with Crippen LogP contribution in [0.4, 0.5) is 0 Å². The first-order valence-corrected chi connectivity index (χ1v) is 8.96. The zero-order valence-electron chi connectivity index (χ0n) is 14.8. The van der Waals surface area contributed by atoms with Crippen LogP contribution in [0.1, 0.15) is 49.4 Å². The van der Waals surface area contributed by atoms with E-state index in [1.54, 1.807) is 12.1 Å². The standard InChI is InChI=1S/C21H22N2O3/c1-15(19(24)23-21(14-22)11-5-2-6-12-21)26-20(25)18-10-9-16-7-3-4-8-17(16)13-18/h3-4,7-10,13,15H,2,5-6,11-12H2,1H3,(H,23,24)/t15-/m0/s1. The number of carbonyl (C=O) groups excluding carboxylic acids is 2. The van der Waals surface area contributed by atoms with Gasteiger partial charge in [0.1, 0.15) is 5.54 Å². The molecule has 0 heterocycles. The van der Waals surface area contributed by atoms with Crippen LogP contribution in [0.2, 0.25) is 0 Å². The fourth-order valence-electron chi connectivity index (χ4n) is 3.36. The van der Waals surface area contributed by atoms with E-state index in [0.29, 0.717) is 18.4 Å². The number of ether oxygens (including phenoxy) is 1. The van der Waals surface area contributed by atoms with Crippen LogP contribution in [0.15, 0.2) is 42.5 Å². The molecule has 5 nitrogen and oxygen atoms in total. The van der Waals surface area contributed by atoms with Gasteiger partial charge in [0.25, 0.3) is 5.91 Å². The van der Waals surface area contributed by atoms with Crippen molar-refractivity contribution in [2.75, 3.05) is 0 Å². The van der Waals surface area contributed by atoms with Crippen molar-refractivity contribution in [3.05, 3.63) is 48.0 Å². The predicted molar refractivity (Wildman–Crippen MR) is 98.4 cm³/mol. The summed E-state index contributed by atoms with van der Waals surface area (Å²) in [6.07, 6.45) is 3.23. The molecule has 0 aliphatic heterocycles. The number of benzene rings is 2. The van der Waals surface area contributed by atoms with Crippen molar-refractivity contribution in [1.82, 2.24) is 5.32 Å². The first kappa shape index (κ1) is 17.9. The van der Waals surface area contributed by atoms with Crippen molar-refractivity contribution >= 4 is 22.6 Å². The third-order valence-corrected chi connectivity index (χ3v) is 4.92. The molecule has 1 amide bonds. The Bertz CT molecular complexity index is 863. The summed E-state index contributed by atoms with van der Waals surface area (Å²) in [5.74, 6) is -0.976. The van der Waals surface area contributed by atoms with E-state index >= 15 is 0 Å². The van der Waals surface area contributed by atoms with Crippen LogP contribution in [-0.4, -0.2) is 23.5 Å². The summed E-state index contributed by atoms with van der Waals surface area (Å²) in [5, 5.41) is 14.2. The van der Waals surface area contributed by atoms with Gasteiger partial charge < -0.3 is 10.1 Å². The molecule has 0 radical (unpaired) electrons. The SMILES string of the molecule is C[C@H](OC(=O)c1ccc2ccccc2c1)C(=O)NC1(C#N)CCCCC1. The highest BCUT2D eigenvalue weighted by Gasteiger charge is 2.35. The maximum absolute atomic E-state index is 12.4. The minimum Gasteiger partial charge on any atom is -0.449 e. The van der Waals surface area contributed by atoms with E-state index in [1.807, 2.05) is 30.3 Å². The van der Waals surface area contributed by atoms with Crippen molar-refractivity contribution in [3.8, 4) is 6.07 Å². The highest BCUT2D eigenvalue weighted by Crippen LogP contribution is 2.27. The minimum absolute atomic E-state index is 0.399. The average Bonchev–Trinajstić information content (AvgIpc) is 2.68. The summed E-state index contributed by atoms with van der Waals surface area (Å²) in [4.78, 5) is 24.8. The Morgan fingerprint density at radius 3 is 2.50 bits per heavy atom. The number of nitrogens with one attached hydrogen (secondary N) is 1. The summed E-state index contributed by atoms with van der Waals surface area (Å²) in [5.41, 5.74) is -0.435. The molecule has 0 bridgehead atoms. The molecule has 0 spiro atoms. The van der Waals surface area contributed by atoms with E-state index in [1.165, 1.54) is 6.92 Å². The van der Waals surface area contributed by atoms with Crippen LogP contribution in [0.5, 0.6) is 0 Å². The third kappa shape index (κ3) is 3.85. The van der Waals surface area contributed by atoms with Gasteiger partial charge in [0.05, 0.1) is 11.6 Å². The smallest absolute Gasteiger partial charge is 0.338 e. The van der Waals surface area contributed by atoms with Gasteiger partial charge in [-0.05, 0) is 42.7 Å². The van der Waals surface area contributed by atoms with Gasteiger partial charge in [0, 0.05) is 0 Å². The second kappa shape index (κ2) is 7.57. The Hall–Kier alpha value is -2.87. The van der Waals surface area contributed by atoms with Crippen molar-refractivity contribution in [2.45, 2.75) is 50.7 Å². The summed E-state index contributed by atoms with van der Waals surface area (Å²) in [6, 6.07) is 15.2. The molecule has 2 aromatic carbocycles. The number of carbonyl (C=O) groups is 2. The molecule has 26 heavy (non-hydrogen) atoms. The van der Waals surface area contributed by atoms with Gasteiger partial charge in [-0.2, -0.15) is 5.26 Å². The van der Waals surface area contributed by atoms with Crippen LogP contribution >= 0.6 is 0 Å². The molecule has 3 rings (SSSR count). The van der Waals surface area contributed by atoms with E-state index in [9.17, 15) is 14.9 Å². The van der Waals surface area contributed by atoms with Gasteiger partial charge in [-0.15, -0.1) is 0 Å². The van der Waals surface area contributed by atoms with Crippen molar-refractivity contribution in [3.63, 3.8) is 0 Å². The lowest BCUT2D eigenvalue weighted by molar-refractivity contribution is -0.130. The predicted octanol–water partition coefficient (Wildman–Crippen LogP) is 3.73. The molecule has 2 aromatic rings. The lowest BCUT2D eigenvalue weighted by Gasteiger charge is -2.32. The number of fused-ring (bicyclic) bond motifs is 1. The monoisotopic (exact) mass is 350 g/mol. The molecule has 134 valence electrons. The highest BCUT2D eigenvalue weighted by molar-refractivity contribution is 5.96. The first-order valence-electron chi connectivity index (χ1n) is 8.96. The molecule has 1 N–H and O–H groups in total. The highest BCUT2D eigenvalue weighted by atomic mass is 16.5. The number of nitriles is 1. The zero-order valence-corrected chi connectivity index (χ0v) is 14.8. The van der Waals surface area contributed by atoms with Gasteiger partial charge in [-0.3, -0.25) is 4.79 Å². The van der Waals surface area contributed by atoms with Gasteiger partial charge in [0.2, 0.25) is 0 Å². The van der Waals surface area contributed by atoms with Gasteiger partial charge in [0.15, 0.2) is 6.10 Å². The van der Waals surface area contributed by atoms with Crippen LogP contribution in [0.25, 0.3) is 10.8 Å². The summed E-state index contributed by atoms with van der Waals surface area (Å²) < 4.78 is 5.32. The maximum Gasteiger partial charge on any atom is 0.338 e. The Kier molecular flexibility index (Phi) is 5.22.